The largest absolute Gasteiger partial charge is 0.491 e. The minimum atomic E-state index is -0.690. The molecule has 4 rings (SSSR count). The molecule has 8 nitrogen and oxygen atoms in total. The van der Waals surface area contributed by atoms with E-state index in [0.29, 0.717) is 55.1 Å². The molecule has 0 radical (unpaired) electrons. The second kappa shape index (κ2) is 7.45. The van der Waals surface area contributed by atoms with Crippen LogP contribution in [0.1, 0.15) is 50.7 Å². The molecule has 162 valence electrons. The number of hydrogen-bond donors (Lipinski definition) is 2. The topological polar surface area (TPSA) is 97.0 Å². The highest BCUT2D eigenvalue weighted by Crippen LogP contribution is 2.44. The molecule has 1 atom stereocenters. The van der Waals surface area contributed by atoms with Gasteiger partial charge in [0.25, 0.3) is 0 Å². The number of anilines is 1. The van der Waals surface area contributed by atoms with E-state index in [1.807, 2.05) is 4.90 Å². The van der Waals surface area contributed by atoms with Gasteiger partial charge in [-0.2, -0.15) is 0 Å². The number of carbonyl (C=O) groups excluding carboxylic acids is 3. The van der Waals surface area contributed by atoms with Crippen molar-refractivity contribution in [2.24, 2.45) is 0 Å². The second-order valence-electron chi connectivity index (χ2n) is 8.95. The van der Waals surface area contributed by atoms with Crippen molar-refractivity contribution < 1.29 is 28.2 Å². The van der Waals surface area contributed by atoms with Gasteiger partial charge in [-0.05, 0) is 27.2 Å². The summed E-state index contributed by atoms with van der Waals surface area (Å²) in [6, 6.07) is 1.29. The number of nitrogens with one attached hydrogen (secondary N) is 2. The second-order valence-corrected chi connectivity index (χ2v) is 8.95. The van der Waals surface area contributed by atoms with Crippen LogP contribution in [0, 0.1) is 5.82 Å². The number of piperidine rings is 1. The predicted octanol–water partition coefficient (Wildman–Crippen LogP) is 1.99. The van der Waals surface area contributed by atoms with E-state index in [0.717, 1.165) is 0 Å². The van der Waals surface area contributed by atoms with Gasteiger partial charge >= 0.3 is 6.09 Å². The highest BCUT2D eigenvalue weighted by Gasteiger charge is 2.38. The quantitative estimate of drug-likeness (QED) is 0.728. The fraction of sp³-hybridized carbons (Fsp3) is 0.571. The number of imide groups is 1. The lowest BCUT2D eigenvalue weighted by Gasteiger charge is -2.42. The van der Waals surface area contributed by atoms with E-state index in [4.69, 9.17) is 9.47 Å². The van der Waals surface area contributed by atoms with E-state index < -0.39 is 29.3 Å². The van der Waals surface area contributed by atoms with E-state index in [1.165, 1.54) is 6.07 Å². The van der Waals surface area contributed by atoms with Gasteiger partial charge in [0.2, 0.25) is 11.8 Å². The van der Waals surface area contributed by atoms with Gasteiger partial charge < -0.3 is 19.7 Å². The van der Waals surface area contributed by atoms with Gasteiger partial charge in [-0.15, -0.1) is 0 Å². The van der Waals surface area contributed by atoms with Gasteiger partial charge in [-0.25, -0.2) is 9.18 Å². The van der Waals surface area contributed by atoms with Crippen molar-refractivity contribution in [2.75, 3.05) is 24.6 Å². The molecule has 2 fully saturated rings. The van der Waals surface area contributed by atoms with Crippen LogP contribution in [0.2, 0.25) is 0 Å². The Morgan fingerprint density at radius 3 is 2.70 bits per heavy atom. The smallest absolute Gasteiger partial charge is 0.407 e. The first-order chi connectivity index (χ1) is 14.1. The fourth-order valence-electron chi connectivity index (χ4n) is 4.17. The van der Waals surface area contributed by atoms with Crippen molar-refractivity contribution >= 4 is 23.6 Å². The van der Waals surface area contributed by atoms with Crippen LogP contribution < -0.4 is 20.3 Å². The Bertz CT molecular complexity index is 905. The van der Waals surface area contributed by atoms with Gasteiger partial charge in [-0.1, -0.05) is 0 Å². The molecule has 2 saturated heterocycles. The molecule has 0 spiro atoms. The minimum Gasteiger partial charge on any atom is -0.491 e. The number of halogens is 1. The summed E-state index contributed by atoms with van der Waals surface area (Å²) in [6.45, 7) is 6.82. The average molecular weight is 419 g/mol. The lowest BCUT2D eigenvalue weighted by atomic mass is 9.85. The number of rotatable bonds is 3. The van der Waals surface area contributed by atoms with Crippen molar-refractivity contribution in [1.29, 1.82) is 0 Å². The Labute approximate surface area is 174 Å². The lowest BCUT2D eigenvalue weighted by molar-refractivity contribution is -0.134. The highest BCUT2D eigenvalue weighted by molar-refractivity contribution is 6.01. The molecule has 9 heteroatoms. The Morgan fingerprint density at radius 1 is 1.30 bits per heavy atom. The summed E-state index contributed by atoms with van der Waals surface area (Å²) in [5.41, 5.74) is 1.08. The Kier molecular flexibility index (Phi) is 5.07. The SMILES string of the molecule is CC(C)(C)OC(=O)NC1CN(c2cc(F)c(C3CCC(=O)NC3=O)c3c2OCC3)C1. The molecule has 1 aromatic carbocycles. The molecule has 0 saturated carbocycles. The summed E-state index contributed by atoms with van der Waals surface area (Å²) in [5, 5.41) is 5.10. The maximum Gasteiger partial charge on any atom is 0.407 e. The number of alkyl carbamates (subject to hydrolysis) is 1. The highest BCUT2D eigenvalue weighted by atomic mass is 19.1. The first kappa shape index (κ1) is 20.4. The number of hydrogen-bond acceptors (Lipinski definition) is 6. The Morgan fingerprint density at radius 2 is 2.03 bits per heavy atom. The molecule has 0 aliphatic carbocycles. The third kappa shape index (κ3) is 3.93. The summed E-state index contributed by atoms with van der Waals surface area (Å²) in [4.78, 5) is 37.6. The van der Waals surface area contributed by atoms with Crippen LogP contribution in [-0.2, 0) is 20.7 Å². The van der Waals surface area contributed by atoms with Crippen molar-refractivity contribution in [3.63, 3.8) is 0 Å². The first-order valence-electron chi connectivity index (χ1n) is 10.2. The lowest BCUT2D eigenvalue weighted by Crippen LogP contribution is -2.60. The molecule has 3 aliphatic heterocycles. The number of amides is 3. The summed E-state index contributed by atoms with van der Waals surface area (Å²) < 4.78 is 26.2. The van der Waals surface area contributed by atoms with E-state index in [-0.39, 0.29) is 18.4 Å². The van der Waals surface area contributed by atoms with Crippen molar-refractivity contribution in [1.82, 2.24) is 10.6 Å². The summed E-state index contributed by atoms with van der Waals surface area (Å²) >= 11 is 0. The zero-order valence-corrected chi connectivity index (χ0v) is 17.3. The molecule has 1 aromatic rings. The van der Waals surface area contributed by atoms with E-state index in [9.17, 15) is 14.4 Å². The molecule has 0 aromatic heterocycles. The van der Waals surface area contributed by atoms with Gasteiger partial charge in [-0.3, -0.25) is 14.9 Å². The monoisotopic (exact) mass is 419 g/mol. The standard InChI is InChI=1S/C21H26FN3O5/c1-21(2,3)30-20(28)23-11-9-25(10-11)15-8-14(22)17(12-6-7-29-18(12)15)13-4-5-16(26)24-19(13)27/h8,11,13H,4-7,9-10H2,1-3H3,(H,23,28)(H,24,26,27). The maximum atomic E-state index is 15.1. The van der Waals surface area contributed by atoms with Crippen molar-refractivity contribution in [2.45, 2.75) is 57.6 Å². The van der Waals surface area contributed by atoms with Gasteiger partial charge in [0.05, 0.1) is 24.3 Å². The molecular formula is C21H26FN3O5. The molecule has 3 heterocycles. The van der Waals surface area contributed by atoms with Crippen LogP contribution in [-0.4, -0.2) is 49.2 Å². The molecular weight excluding hydrogens is 393 g/mol. The van der Waals surface area contributed by atoms with Crippen LogP contribution in [0.25, 0.3) is 0 Å². The number of ether oxygens (including phenoxy) is 2. The average Bonchev–Trinajstić information content (AvgIpc) is 3.06. The van der Waals surface area contributed by atoms with E-state index in [2.05, 4.69) is 10.6 Å². The number of fused-ring (bicyclic) bond motifs is 1. The van der Waals surface area contributed by atoms with Crippen LogP contribution in [0.15, 0.2) is 6.07 Å². The molecule has 2 N–H and O–H groups in total. The summed E-state index contributed by atoms with van der Waals surface area (Å²) in [5.74, 6) is -1.35. The van der Waals surface area contributed by atoms with Crippen molar-refractivity contribution in [3.05, 3.63) is 23.0 Å². The molecule has 0 bridgehead atoms. The minimum absolute atomic E-state index is 0.102. The third-order valence-electron chi connectivity index (χ3n) is 5.48. The van der Waals surface area contributed by atoms with Crippen LogP contribution in [0.5, 0.6) is 5.75 Å². The number of benzene rings is 1. The molecule has 3 aliphatic rings. The fourth-order valence-corrected chi connectivity index (χ4v) is 4.17. The van der Waals surface area contributed by atoms with Crippen LogP contribution in [0.4, 0.5) is 14.9 Å². The number of nitrogens with zero attached hydrogens (tertiary/aromatic N) is 1. The molecule has 1 unspecified atom stereocenters. The third-order valence-corrected chi connectivity index (χ3v) is 5.48. The van der Waals surface area contributed by atoms with Crippen LogP contribution in [0.3, 0.4) is 0 Å². The zero-order valence-electron chi connectivity index (χ0n) is 17.3. The van der Waals surface area contributed by atoms with Gasteiger partial charge in [0.1, 0.15) is 17.2 Å². The summed E-state index contributed by atoms with van der Waals surface area (Å²) in [6.07, 6.45) is 0.518. The zero-order chi connectivity index (χ0) is 21.6. The van der Waals surface area contributed by atoms with E-state index in [1.54, 1.807) is 20.8 Å². The Hall–Kier alpha value is -2.84. The van der Waals surface area contributed by atoms with Crippen molar-refractivity contribution in [3.8, 4) is 5.75 Å². The van der Waals surface area contributed by atoms with Gasteiger partial charge in [0, 0.05) is 43.1 Å². The maximum absolute atomic E-state index is 15.1. The Balaban J connectivity index is 1.50. The molecule has 30 heavy (non-hydrogen) atoms. The van der Waals surface area contributed by atoms with Crippen LogP contribution >= 0.6 is 0 Å². The predicted molar refractivity (Wildman–Crippen MR) is 106 cm³/mol. The van der Waals surface area contributed by atoms with Gasteiger partial charge in [0.15, 0.2) is 0 Å². The van der Waals surface area contributed by atoms with E-state index >= 15 is 4.39 Å². The first-order valence-corrected chi connectivity index (χ1v) is 10.2. The molecule has 3 amide bonds. The summed E-state index contributed by atoms with van der Waals surface area (Å²) in [7, 11) is 0. The normalized spacial score (nSPS) is 21.5. The number of carbonyl (C=O) groups is 3.